The quantitative estimate of drug-likeness (QED) is 0.0261. The van der Waals surface area contributed by atoms with Gasteiger partial charge in [-0.3, -0.25) is 14.4 Å². The Hall–Kier alpha value is -3.15. The zero-order chi connectivity index (χ0) is 59.9. The van der Waals surface area contributed by atoms with Gasteiger partial charge >= 0.3 is 17.9 Å². The number of hydrogen-bond donors (Lipinski definition) is 0. The third-order valence-corrected chi connectivity index (χ3v) is 16.2. The number of ether oxygens (including phenoxy) is 3. The molecule has 0 N–H and O–H groups in total. The summed E-state index contributed by atoms with van der Waals surface area (Å²) in [6.45, 7) is 6.51. The number of carbonyl (C=O) groups is 3. The van der Waals surface area contributed by atoms with Crippen LogP contribution >= 0.6 is 0 Å². The molecule has 0 aliphatic rings. The molecule has 0 heterocycles. The first-order valence-electron chi connectivity index (χ1n) is 36.4. The summed E-state index contributed by atoms with van der Waals surface area (Å²) in [4.78, 5) is 38.4. The summed E-state index contributed by atoms with van der Waals surface area (Å²) in [5.74, 6) is -0.875. The first kappa shape index (κ1) is 79.8. The van der Waals surface area contributed by atoms with Crippen LogP contribution in [0.5, 0.6) is 0 Å². The molecule has 0 radical (unpaired) electrons. The van der Waals surface area contributed by atoms with Gasteiger partial charge in [0.1, 0.15) is 13.2 Å². The van der Waals surface area contributed by atoms with E-state index in [1.165, 1.54) is 231 Å². The summed E-state index contributed by atoms with van der Waals surface area (Å²) in [5.41, 5.74) is 0. The number of unbranched alkanes of at least 4 members (excludes halogenated alkanes) is 44. The van der Waals surface area contributed by atoms with Crippen molar-refractivity contribution in [1.29, 1.82) is 0 Å². The van der Waals surface area contributed by atoms with Crippen LogP contribution in [0.15, 0.2) is 72.9 Å². The first-order valence-corrected chi connectivity index (χ1v) is 36.4. The second-order valence-electron chi connectivity index (χ2n) is 24.5. The molecule has 0 bridgehead atoms. The van der Waals surface area contributed by atoms with Gasteiger partial charge in [0.2, 0.25) is 0 Å². The fourth-order valence-corrected chi connectivity index (χ4v) is 10.8. The minimum Gasteiger partial charge on any atom is -0.462 e. The van der Waals surface area contributed by atoms with Gasteiger partial charge in [-0.2, -0.15) is 0 Å². The van der Waals surface area contributed by atoms with Crippen LogP contribution in [0.1, 0.15) is 380 Å². The predicted octanol–water partition coefficient (Wildman–Crippen LogP) is 25.2. The Bertz CT molecular complexity index is 1520. The van der Waals surface area contributed by atoms with Gasteiger partial charge in [-0.1, -0.05) is 351 Å². The van der Waals surface area contributed by atoms with Crippen molar-refractivity contribution < 1.29 is 28.6 Å². The SMILES string of the molecule is CC/C=C\C/C=C\C/C=C\C/C=C\C/C=C\CCCCCCCCCCCC(=O)OC(COC(=O)CCCCCCC/C=C\CCC)COC(=O)CCCCCCCCCCCCCCCCCCCCCCCCCCCCCCCC. The maximum absolute atomic E-state index is 12.9. The van der Waals surface area contributed by atoms with Crippen LogP contribution in [0.2, 0.25) is 0 Å². The van der Waals surface area contributed by atoms with Gasteiger partial charge in [-0.15, -0.1) is 0 Å². The molecule has 83 heavy (non-hydrogen) atoms. The Morgan fingerprint density at radius 1 is 0.253 bits per heavy atom. The molecule has 482 valence electrons. The summed E-state index contributed by atoms with van der Waals surface area (Å²) in [5, 5.41) is 0. The Morgan fingerprint density at radius 3 is 0.795 bits per heavy atom. The lowest BCUT2D eigenvalue weighted by Gasteiger charge is -2.18. The van der Waals surface area contributed by atoms with Crippen molar-refractivity contribution in [2.45, 2.75) is 386 Å². The van der Waals surface area contributed by atoms with Crippen molar-refractivity contribution >= 4 is 17.9 Å². The van der Waals surface area contributed by atoms with E-state index in [1.54, 1.807) is 0 Å². The number of carbonyl (C=O) groups excluding carboxylic acids is 3. The second-order valence-corrected chi connectivity index (χ2v) is 24.5. The van der Waals surface area contributed by atoms with E-state index in [4.69, 9.17) is 14.2 Å². The fraction of sp³-hybridized carbons (Fsp3) is 0.805. The smallest absolute Gasteiger partial charge is 0.306 e. The van der Waals surface area contributed by atoms with E-state index in [2.05, 4.69) is 93.7 Å². The molecule has 1 unspecified atom stereocenters. The summed E-state index contributed by atoms with van der Waals surface area (Å²) in [6, 6.07) is 0. The average Bonchev–Trinajstić information content (AvgIpc) is 3.48. The van der Waals surface area contributed by atoms with Crippen LogP contribution in [0, 0.1) is 0 Å². The first-order chi connectivity index (χ1) is 41.0. The highest BCUT2D eigenvalue weighted by molar-refractivity contribution is 5.71. The maximum Gasteiger partial charge on any atom is 0.306 e. The molecular formula is C77H138O6. The van der Waals surface area contributed by atoms with Crippen molar-refractivity contribution in [3.8, 4) is 0 Å². The Balaban J connectivity index is 4.13. The molecular weight excluding hydrogens is 1020 g/mol. The Kier molecular flexibility index (Phi) is 68.6. The molecule has 0 saturated carbocycles. The summed E-state index contributed by atoms with van der Waals surface area (Å²) in [7, 11) is 0. The number of esters is 3. The van der Waals surface area contributed by atoms with E-state index < -0.39 is 6.10 Å². The van der Waals surface area contributed by atoms with Gasteiger partial charge in [0.05, 0.1) is 0 Å². The monoisotopic (exact) mass is 1160 g/mol. The van der Waals surface area contributed by atoms with Gasteiger partial charge in [-0.05, 0) is 83.5 Å². The van der Waals surface area contributed by atoms with Gasteiger partial charge in [0.15, 0.2) is 6.10 Å². The minimum absolute atomic E-state index is 0.0769. The van der Waals surface area contributed by atoms with Crippen molar-refractivity contribution in [2.75, 3.05) is 13.2 Å². The molecule has 0 fully saturated rings. The standard InChI is InChI=1S/C77H138O6/c1-4-7-10-13-16-19-22-24-26-28-30-32-34-36-37-38-39-40-42-43-45-47-49-51-53-55-58-61-64-67-70-76(79)82-73-74(72-81-75(78)69-66-63-60-57-21-18-15-12-9-6-3)83-77(80)71-68-65-62-59-56-54-52-50-48-46-44-41-35-33-31-29-27-25-23-20-17-14-11-8-5-2/h8,11-12,15,17,20,25,27,31,33,41,44,74H,4-7,9-10,13-14,16,18-19,21-24,26,28-30,32,34-40,42-43,45-73H2,1-3H3/b11-8-,15-12-,20-17-,27-25-,33-31-,44-41-. The molecule has 0 aromatic carbocycles. The Morgan fingerprint density at radius 2 is 0.494 bits per heavy atom. The average molecular weight is 1160 g/mol. The van der Waals surface area contributed by atoms with E-state index in [9.17, 15) is 14.4 Å². The zero-order valence-corrected chi connectivity index (χ0v) is 55.5. The number of allylic oxidation sites excluding steroid dienone is 12. The van der Waals surface area contributed by atoms with Gasteiger partial charge in [0.25, 0.3) is 0 Å². The van der Waals surface area contributed by atoms with Gasteiger partial charge < -0.3 is 14.2 Å². The second kappa shape index (κ2) is 71.3. The normalized spacial score (nSPS) is 12.5. The molecule has 0 spiro atoms. The van der Waals surface area contributed by atoms with Crippen molar-refractivity contribution in [2.24, 2.45) is 0 Å². The highest BCUT2D eigenvalue weighted by Crippen LogP contribution is 2.19. The molecule has 0 aliphatic carbocycles. The lowest BCUT2D eigenvalue weighted by Crippen LogP contribution is -2.30. The molecule has 0 rings (SSSR count). The van der Waals surface area contributed by atoms with E-state index in [0.29, 0.717) is 19.3 Å². The maximum atomic E-state index is 12.9. The lowest BCUT2D eigenvalue weighted by molar-refractivity contribution is -0.167. The lowest BCUT2D eigenvalue weighted by atomic mass is 10.0. The van der Waals surface area contributed by atoms with Crippen LogP contribution < -0.4 is 0 Å². The largest absolute Gasteiger partial charge is 0.462 e. The Labute approximate surface area is 516 Å². The van der Waals surface area contributed by atoms with E-state index >= 15 is 0 Å². The van der Waals surface area contributed by atoms with Gasteiger partial charge in [-0.25, -0.2) is 0 Å². The summed E-state index contributed by atoms with van der Waals surface area (Å²) in [6.07, 6.45) is 93.9. The number of rotatable bonds is 67. The third-order valence-electron chi connectivity index (χ3n) is 16.2. The van der Waals surface area contributed by atoms with Crippen LogP contribution in [0.3, 0.4) is 0 Å². The number of hydrogen-bond acceptors (Lipinski definition) is 6. The molecule has 0 aromatic heterocycles. The van der Waals surface area contributed by atoms with Crippen LogP contribution in [-0.2, 0) is 28.6 Å². The van der Waals surface area contributed by atoms with Crippen molar-refractivity contribution in [3.63, 3.8) is 0 Å². The molecule has 0 aliphatic heterocycles. The minimum atomic E-state index is -0.782. The van der Waals surface area contributed by atoms with Crippen molar-refractivity contribution in [1.82, 2.24) is 0 Å². The molecule has 0 saturated heterocycles. The van der Waals surface area contributed by atoms with Crippen molar-refractivity contribution in [3.05, 3.63) is 72.9 Å². The fourth-order valence-electron chi connectivity index (χ4n) is 10.8. The zero-order valence-electron chi connectivity index (χ0n) is 55.5. The van der Waals surface area contributed by atoms with Gasteiger partial charge in [0, 0.05) is 19.3 Å². The summed E-state index contributed by atoms with van der Waals surface area (Å²) >= 11 is 0. The highest BCUT2D eigenvalue weighted by atomic mass is 16.6. The molecule has 6 nitrogen and oxygen atoms in total. The van der Waals surface area contributed by atoms with Crippen LogP contribution in [0.25, 0.3) is 0 Å². The highest BCUT2D eigenvalue weighted by Gasteiger charge is 2.19. The molecule has 0 amide bonds. The summed E-state index contributed by atoms with van der Waals surface area (Å²) < 4.78 is 16.9. The third kappa shape index (κ3) is 69.5. The van der Waals surface area contributed by atoms with Crippen LogP contribution in [-0.4, -0.2) is 37.2 Å². The van der Waals surface area contributed by atoms with E-state index in [-0.39, 0.29) is 31.1 Å². The van der Waals surface area contributed by atoms with E-state index in [1.807, 2.05) is 0 Å². The van der Waals surface area contributed by atoms with Crippen LogP contribution in [0.4, 0.5) is 0 Å². The molecule has 0 aromatic rings. The molecule has 1 atom stereocenters. The van der Waals surface area contributed by atoms with E-state index in [0.717, 1.165) is 109 Å². The topological polar surface area (TPSA) is 78.9 Å². The predicted molar refractivity (Wildman–Crippen MR) is 362 cm³/mol. The molecule has 6 heteroatoms.